The summed E-state index contributed by atoms with van der Waals surface area (Å²) in [7, 11) is 0. The van der Waals surface area contributed by atoms with Crippen LogP contribution in [0.1, 0.15) is 41.0 Å². The lowest BCUT2D eigenvalue weighted by atomic mass is 10.1. The molecule has 2 aromatic carbocycles. The zero-order valence-electron chi connectivity index (χ0n) is 15.3. The summed E-state index contributed by atoms with van der Waals surface area (Å²) in [4.78, 5) is 24.7. The summed E-state index contributed by atoms with van der Waals surface area (Å²) in [6.07, 6.45) is 0.747. The molecule has 0 aliphatic rings. The summed E-state index contributed by atoms with van der Waals surface area (Å²) in [5.74, 6) is 0.0513. The maximum atomic E-state index is 12.4. The Balaban J connectivity index is 1.89. The monoisotopic (exact) mass is 354 g/mol. The fourth-order valence-electron chi connectivity index (χ4n) is 2.36. The van der Waals surface area contributed by atoms with Gasteiger partial charge in [-0.3, -0.25) is 9.59 Å². The molecule has 2 amide bonds. The number of amides is 2. The van der Waals surface area contributed by atoms with Gasteiger partial charge in [0.05, 0.1) is 11.3 Å². The topological polar surface area (TPSA) is 67.4 Å². The molecule has 0 fully saturated rings. The number of para-hydroxylation sites is 1. The highest BCUT2D eigenvalue weighted by molar-refractivity contribution is 6.08. The van der Waals surface area contributed by atoms with Crippen molar-refractivity contribution in [3.63, 3.8) is 0 Å². The van der Waals surface area contributed by atoms with Gasteiger partial charge in [-0.15, -0.1) is 0 Å². The molecule has 0 aliphatic heterocycles. The maximum absolute atomic E-state index is 12.4. The van der Waals surface area contributed by atoms with Gasteiger partial charge in [0.1, 0.15) is 0 Å². The van der Waals surface area contributed by atoms with E-state index in [1.54, 1.807) is 48.5 Å². The summed E-state index contributed by atoms with van der Waals surface area (Å²) in [6.45, 7) is 6.07. The standard InChI is InChI=1S/C21H26N2O3/c1-16(2)15-26-14-8-13-22-21(25)18-11-6-7-12-19(18)23-20(24)17-9-4-3-5-10-17/h3-7,9-12,16H,8,13-15H2,1-2H3,(H,22,25)(H,23,24). The van der Waals surface area contributed by atoms with Crippen LogP contribution >= 0.6 is 0 Å². The predicted octanol–water partition coefficient (Wildman–Crippen LogP) is 3.73. The van der Waals surface area contributed by atoms with Crippen LogP contribution in [0.15, 0.2) is 54.6 Å². The molecule has 0 saturated heterocycles. The fraction of sp³-hybridized carbons (Fsp3) is 0.333. The third-order valence-electron chi connectivity index (χ3n) is 3.66. The molecule has 0 spiro atoms. The zero-order valence-corrected chi connectivity index (χ0v) is 15.3. The van der Waals surface area contributed by atoms with Crippen LogP contribution < -0.4 is 10.6 Å². The Morgan fingerprint density at radius 2 is 1.65 bits per heavy atom. The smallest absolute Gasteiger partial charge is 0.255 e. The Kier molecular flexibility index (Phi) is 7.83. The minimum absolute atomic E-state index is 0.210. The van der Waals surface area contributed by atoms with Gasteiger partial charge in [-0.2, -0.15) is 0 Å². The summed E-state index contributed by atoms with van der Waals surface area (Å²) in [5.41, 5.74) is 1.49. The van der Waals surface area contributed by atoms with Gasteiger partial charge in [0.2, 0.25) is 0 Å². The molecule has 0 radical (unpaired) electrons. The molecule has 0 atom stereocenters. The van der Waals surface area contributed by atoms with Gasteiger partial charge in [0.15, 0.2) is 0 Å². The first-order chi connectivity index (χ1) is 12.6. The summed E-state index contributed by atoms with van der Waals surface area (Å²) in [6, 6.07) is 15.9. The van der Waals surface area contributed by atoms with Crippen LogP contribution in [0.4, 0.5) is 5.69 Å². The van der Waals surface area contributed by atoms with E-state index in [-0.39, 0.29) is 11.8 Å². The van der Waals surface area contributed by atoms with Gasteiger partial charge in [0, 0.05) is 25.3 Å². The third-order valence-corrected chi connectivity index (χ3v) is 3.66. The van der Waals surface area contributed by atoms with Crippen LogP contribution in [0.25, 0.3) is 0 Å². The normalized spacial score (nSPS) is 10.6. The summed E-state index contributed by atoms with van der Waals surface area (Å²) in [5, 5.41) is 5.68. The van der Waals surface area contributed by atoms with Gasteiger partial charge < -0.3 is 15.4 Å². The molecular weight excluding hydrogens is 328 g/mol. The number of hydrogen-bond acceptors (Lipinski definition) is 3. The van der Waals surface area contributed by atoms with Crippen molar-refractivity contribution in [3.05, 3.63) is 65.7 Å². The fourth-order valence-corrected chi connectivity index (χ4v) is 2.36. The van der Waals surface area contributed by atoms with E-state index in [0.29, 0.717) is 35.9 Å². The van der Waals surface area contributed by atoms with Crippen LogP contribution in [0.2, 0.25) is 0 Å². The van der Waals surface area contributed by atoms with E-state index in [4.69, 9.17) is 4.74 Å². The van der Waals surface area contributed by atoms with Crippen molar-refractivity contribution in [2.75, 3.05) is 25.1 Å². The van der Waals surface area contributed by atoms with Crippen LogP contribution in [0, 0.1) is 5.92 Å². The molecular formula is C21H26N2O3. The Morgan fingerprint density at radius 3 is 2.38 bits per heavy atom. The lowest BCUT2D eigenvalue weighted by Crippen LogP contribution is -2.27. The molecule has 0 unspecified atom stereocenters. The minimum Gasteiger partial charge on any atom is -0.381 e. The Morgan fingerprint density at radius 1 is 0.962 bits per heavy atom. The van der Waals surface area contributed by atoms with Crippen molar-refractivity contribution in [1.82, 2.24) is 5.32 Å². The molecule has 2 aromatic rings. The van der Waals surface area contributed by atoms with Crippen molar-refractivity contribution in [3.8, 4) is 0 Å². The van der Waals surface area contributed by atoms with Crippen LogP contribution in [-0.4, -0.2) is 31.6 Å². The van der Waals surface area contributed by atoms with Gasteiger partial charge in [-0.1, -0.05) is 44.2 Å². The van der Waals surface area contributed by atoms with E-state index >= 15 is 0 Å². The van der Waals surface area contributed by atoms with Crippen LogP contribution in [0.5, 0.6) is 0 Å². The highest BCUT2D eigenvalue weighted by Crippen LogP contribution is 2.16. The minimum atomic E-state index is -0.243. The number of benzene rings is 2. The van der Waals surface area contributed by atoms with E-state index in [1.165, 1.54) is 0 Å². The summed E-state index contributed by atoms with van der Waals surface area (Å²) < 4.78 is 5.50. The van der Waals surface area contributed by atoms with E-state index in [9.17, 15) is 9.59 Å². The number of anilines is 1. The third kappa shape index (κ3) is 6.33. The van der Waals surface area contributed by atoms with Gasteiger partial charge in [0.25, 0.3) is 11.8 Å². The van der Waals surface area contributed by atoms with Crippen molar-refractivity contribution in [2.45, 2.75) is 20.3 Å². The number of carbonyl (C=O) groups excluding carboxylic acids is 2. The molecule has 26 heavy (non-hydrogen) atoms. The number of rotatable bonds is 9. The van der Waals surface area contributed by atoms with Crippen LogP contribution in [-0.2, 0) is 4.74 Å². The molecule has 5 heteroatoms. The maximum Gasteiger partial charge on any atom is 0.255 e. The highest BCUT2D eigenvalue weighted by atomic mass is 16.5. The molecule has 138 valence electrons. The number of carbonyl (C=O) groups is 2. The van der Waals surface area contributed by atoms with E-state index in [1.807, 2.05) is 6.07 Å². The van der Waals surface area contributed by atoms with Gasteiger partial charge in [-0.05, 0) is 36.6 Å². The summed E-state index contributed by atoms with van der Waals surface area (Å²) >= 11 is 0. The second kappa shape index (κ2) is 10.4. The Hall–Kier alpha value is -2.66. The predicted molar refractivity (Wildman–Crippen MR) is 103 cm³/mol. The van der Waals surface area contributed by atoms with E-state index < -0.39 is 0 Å². The Labute approximate surface area is 154 Å². The SMILES string of the molecule is CC(C)COCCCNC(=O)c1ccccc1NC(=O)c1ccccc1. The number of ether oxygens (including phenoxy) is 1. The molecule has 0 aromatic heterocycles. The molecule has 0 aliphatic carbocycles. The average Bonchev–Trinajstić information content (AvgIpc) is 2.65. The van der Waals surface area contributed by atoms with E-state index in [0.717, 1.165) is 13.0 Å². The molecule has 0 bridgehead atoms. The Bertz CT molecular complexity index is 714. The van der Waals surface area contributed by atoms with Crippen molar-refractivity contribution < 1.29 is 14.3 Å². The molecule has 0 heterocycles. The second-order valence-electron chi connectivity index (χ2n) is 6.44. The molecule has 2 rings (SSSR count). The molecule has 5 nitrogen and oxygen atoms in total. The van der Waals surface area contributed by atoms with Crippen molar-refractivity contribution in [1.29, 1.82) is 0 Å². The lowest BCUT2D eigenvalue weighted by molar-refractivity contribution is 0.0925. The number of nitrogens with one attached hydrogen (secondary N) is 2. The first-order valence-corrected chi connectivity index (χ1v) is 8.89. The van der Waals surface area contributed by atoms with Crippen molar-refractivity contribution >= 4 is 17.5 Å². The second-order valence-corrected chi connectivity index (χ2v) is 6.44. The van der Waals surface area contributed by atoms with E-state index in [2.05, 4.69) is 24.5 Å². The van der Waals surface area contributed by atoms with Gasteiger partial charge >= 0.3 is 0 Å². The lowest BCUT2D eigenvalue weighted by Gasteiger charge is -2.12. The number of hydrogen-bond donors (Lipinski definition) is 2. The first kappa shape index (κ1) is 19.7. The molecule has 2 N–H and O–H groups in total. The largest absolute Gasteiger partial charge is 0.381 e. The zero-order chi connectivity index (χ0) is 18.8. The highest BCUT2D eigenvalue weighted by Gasteiger charge is 2.13. The quantitative estimate of drug-likeness (QED) is 0.674. The average molecular weight is 354 g/mol. The van der Waals surface area contributed by atoms with Crippen molar-refractivity contribution in [2.24, 2.45) is 5.92 Å². The molecule has 0 saturated carbocycles. The van der Waals surface area contributed by atoms with Gasteiger partial charge in [-0.25, -0.2) is 0 Å². The first-order valence-electron chi connectivity index (χ1n) is 8.89. The van der Waals surface area contributed by atoms with Crippen LogP contribution in [0.3, 0.4) is 0 Å².